The summed E-state index contributed by atoms with van der Waals surface area (Å²) in [5.74, 6) is 0.0939. The van der Waals surface area contributed by atoms with Gasteiger partial charge >= 0.3 is 5.69 Å². The minimum absolute atomic E-state index is 0.0378. The van der Waals surface area contributed by atoms with Crippen molar-refractivity contribution in [2.24, 2.45) is 0 Å². The molecule has 2 atom stereocenters. The number of sulfone groups is 2. The van der Waals surface area contributed by atoms with Crippen molar-refractivity contribution in [2.75, 3.05) is 23.0 Å². The van der Waals surface area contributed by atoms with Crippen molar-refractivity contribution in [1.29, 1.82) is 0 Å². The predicted molar refractivity (Wildman–Crippen MR) is 90.8 cm³/mol. The Kier molecular flexibility index (Phi) is 3.44. The molecule has 130 valence electrons. The summed E-state index contributed by atoms with van der Waals surface area (Å²) in [5.41, 5.74) is 1.04. The van der Waals surface area contributed by atoms with E-state index in [4.69, 9.17) is 0 Å². The molecule has 2 saturated heterocycles. The highest BCUT2D eigenvalue weighted by atomic mass is 32.2. The second-order valence-corrected chi connectivity index (χ2v) is 11.1. The maximum Gasteiger partial charge on any atom is 0.329 e. The molecule has 0 aliphatic carbocycles. The Hall–Kier alpha value is -1.61. The molecule has 0 unspecified atom stereocenters. The molecule has 4 rings (SSSR count). The van der Waals surface area contributed by atoms with Crippen LogP contribution >= 0.6 is 0 Å². The molecular formula is C15H18N2O5S2. The maximum absolute atomic E-state index is 13.0. The van der Waals surface area contributed by atoms with Gasteiger partial charge in [-0.2, -0.15) is 0 Å². The number of rotatable bonds is 2. The fraction of sp³-hybridized carbons (Fsp3) is 0.533. The van der Waals surface area contributed by atoms with Gasteiger partial charge in [0.05, 0.1) is 46.1 Å². The van der Waals surface area contributed by atoms with Crippen LogP contribution in [0.3, 0.4) is 0 Å². The Morgan fingerprint density at radius 2 is 1.21 bits per heavy atom. The minimum atomic E-state index is -3.12. The normalized spacial score (nSPS) is 28.5. The number of aromatic nitrogens is 2. The van der Waals surface area contributed by atoms with Gasteiger partial charge in [-0.1, -0.05) is 12.1 Å². The molecule has 7 nitrogen and oxygen atoms in total. The number of para-hydroxylation sites is 2. The summed E-state index contributed by atoms with van der Waals surface area (Å²) in [4.78, 5) is 13.0. The molecule has 2 aromatic rings. The van der Waals surface area contributed by atoms with E-state index in [0.29, 0.717) is 23.9 Å². The summed E-state index contributed by atoms with van der Waals surface area (Å²) in [7, 11) is -6.24. The second kappa shape index (κ2) is 5.19. The van der Waals surface area contributed by atoms with Gasteiger partial charge in [-0.25, -0.2) is 21.6 Å². The van der Waals surface area contributed by atoms with Crippen molar-refractivity contribution in [3.8, 4) is 0 Å². The van der Waals surface area contributed by atoms with Crippen LogP contribution in [0.5, 0.6) is 0 Å². The smallest absolute Gasteiger partial charge is 0.288 e. The summed E-state index contributed by atoms with van der Waals surface area (Å²) in [6.07, 6.45) is 0.832. The van der Waals surface area contributed by atoms with Gasteiger partial charge in [0.15, 0.2) is 19.7 Å². The molecule has 24 heavy (non-hydrogen) atoms. The fourth-order valence-electron chi connectivity index (χ4n) is 3.86. The molecule has 2 fully saturated rings. The predicted octanol–water partition coefficient (Wildman–Crippen LogP) is 0.522. The minimum Gasteiger partial charge on any atom is -0.288 e. The SMILES string of the molecule is O=c1n([C@H]2CCS(=O)(=O)C2)c2ccccc2n1[C@H]1CCS(=O)(=O)C1. The van der Waals surface area contributed by atoms with Crippen LogP contribution in [0.25, 0.3) is 11.0 Å². The van der Waals surface area contributed by atoms with Crippen LogP contribution in [0.15, 0.2) is 29.1 Å². The third kappa shape index (κ3) is 2.50. The first-order valence-corrected chi connectivity index (χ1v) is 11.5. The summed E-state index contributed by atoms with van der Waals surface area (Å²) in [6.45, 7) is 0. The number of benzene rings is 1. The lowest BCUT2D eigenvalue weighted by Gasteiger charge is -2.11. The molecule has 0 spiro atoms. The van der Waals surface area contributed by atoms with Crippen LogP contribution in [0.4, 0.5) is 0 Å². The highest BCUT2D eigenvalue weighted by Crippen LogP contribution is 2.30. The van der Waals surface area contributed by atoms with Gasteiger partial charge in [0, 0.05) is 0 Å². The maximum atomic E-state index is 13.0. The van der Waals surface area contributed by atoms with Gasteiger partial charge in [0.1, 0.15) is 0 Å². The summed E-state index contributed by atoms with van der Waals surface area (Å²) >= 11 is 0. The quantitative estimate of drug-likeness (QED) is 0.768. The third-order valence-electron chi connectivity index (χ3n) is 4.96. The number of nitrogens with zero attached hydrogens (tertiary/aromatic N) is 2. The van der Waals surface area contributed by atoms with Crippen molar-refractivity contribution >= 4 is 30.7 Å². The molecule has 3 heterocycles. The zero-order valence-electron chi connectivity index (χ0n) is 13.0. The molecule has 9 heteroatoms. The van der Waals surface area contributed by atoms with Gasteiger partial charge in [-0.05, 0) is 25.0 Å². The lowest BCUT2D eigenvalue weighted by atomic mass is 10.2. The molecule has 0 radical (unpaired) electrons. The van der Waals surface area contributed by atoms with E-state index in [0.717, 1.165) is 0 Å². The van der Waals surface area contributed by atoms with E-state index < -0.39 is 19.7 Å². The van der Waals surface area contributed by atoms with Gasteiger partial charge < -0.3 is 0 Å². The van der Waals surface area contributed by atoms with E-state index in [1.54, 1.807) is 33.4 Å². The average molecular weight is 370 g/mol. The molecule has 2 aliphatic heterocycles. The Morgan fingerprint density at radius 3 is 1.54 bits per heavy atom. The summed E-state index contributed by atoms with van der Waals surface area (Å²) < 4.78 is 50.3. The first-order chi connectivity index (χ1) is 11.3. The van der Waals surface area contributed by atoms with Crippen molar-refractivity contribution in [2.45, 2.75) is 24.9 Å². The largest absolute Gasteiger partial charge is 0.329 e. The average Bonchev–Trinajstić information content (AvgIpc) is 3.12. The lowest BCUT2D eigenvalue weighted by molar-refractivity contribution is 0.499. The molecule has 0 N–H and O–H groups in total. The molecule has 2 aliphatic rings. The summed E-state index contributed by atoms with van der Waals surface area (Å²) in [6, 6.07) is 6.43. The Morgan fingerprint density at radius 1 is 0.792 bits per heavy atom. The first kappa shape index (κ1) is 15.9. The number of fused-ring (bicyclic) bond motifs is 1. The number of hydrogen-bond acceptors (Lipinski definition) is 5. The topological polar surface area (TPSA) is 95.2 Å². The highest BCUT2D eigenvalue weighted by molar-refractivity contribution is 7.91. The first-order valence-electron chi connectivity index (χ1n) is 7.90. The lowest BCUT2D eigenvalue weighted by Crippen LogP contribution is -2.30. The monoisotopic (exact) mass is 370 g/mol. The molecule has 0 saturated carbocycles. The van der Waals surface area contributed by atoms with Gasteiger partial charge in [0.25, 0.3) is 0 Å². The zero-order chi connectivity index (χ0) is 17.1. The number of hydrogen-bond donors (Lipinski definition) is 0. The molecule has 0 amide bonds. The molecule has 1 aromatic carbocycles. The van der Waals surface area contributed by atoms with Crippen LogP contribution in [0.1, 0.15) is 24.9 Å². The third-order valence-corrected chi connectivity index (χ3v) is 8.46. The Labute approximate surface area is 139 Å². The fourth-order valence-corrected chi connectivity index (χ4v) is 7.26. The Balaban J connectivity index is 1.90. The van der Waals surface area contributed by atoms with Crippen molar-refractivity contribution in [1.82, 2.24) is 9.13 Å². The van der Waals surface area contributed by atoms with E-state index in [1.165, 1.54) is 0 Å². The number of imidazole rings is 1. The highest BCUT2D eigenvalue weighted by Gasteiger charge is 2.35. The zero-order valence-corrected chi connectivity index (χ0v) is 14.6. The standard InChI is InChI=1S/C15H18N2O5S2/c18-15-16(11-5-7-23(19,20)9-11)13-3-1-2-4-14(13)17(15)12-6-8-24(21,22)10-12/h1-4,11-12H,5-10H2/t11-,12-/m0/s1. The van der Waals surface area contributed by atoms with Crippen LogP contribution in [-0.2, 0) is 19.7 Å². The van der Waals surface area contributed by atoms with Crippen molar-refractivity contribution < 1.29 is 16.8 Å². The van der Waals surface area contributed by atoms with E-state index in [-0.39, 0.29) is 40.8 Å². The van der Waals surface area contributed by atoms with Crippen LogP contribution in [0.2, 0.25) is 0 Å². The van der Waals surface area contributed by atoms with Gasteiger partial charge in [-0.3, -0.25) is 9.13 Å². The van der Waals surface area contributed by atoms with E-state index in [9.17, 15) is 21.6 Å². The molecule has 0 bridgehead atoms. The Bertz CT molecular complexity index is 995. The van der Waals surface area contributed by atoms with E-state index in [2.05, 4.69) is 0 Å². The van der Waals surface area contributed by atoms with Crippen LogP contribution in [-0.4, -0.2) is 49.0 Å². The molecular weight excluding hydrogens is 352 g/mol. The summed E-state index contributed by atoms with van der Waals surface area (Å²) in [5, 5.41) is 0. The van der Waals surface area contributed by atoms with Gasteiger partial charge in [0.2, 0.25) is 0 Å². The second-order valence-electron chi connectivity index (χ2n) is 6.63. The van der Waals surface area contributed by atoms with Crippen LogP contribution < -0.4 is 5.69 Å². The van der Waals surface area contributed by atoms with Gasteiger partial charge in [-0.15, -0.1) is 0 Å². The molecule has 1 aromatic heterocycles. The van der Waals surface area contributed by atoms with Crippen molar-refractivity contribution in [3.05, 3.63) is 34.7 Å². The van der Waals surface area contributed by atoms with E-state index >= 15 is 0 Å². The van der Waals surface area contributed by atoms with Crippen LogP contribution in [0, 0.1) is 0 Å². The van der Waals surface area contributed by atoms with E-state index in [1.807, 2.05) is 0 Å². The van der Waals surface area contributed by atoms with Crippen molar-refractivity contribution in [3.63, 3.8) is 0 Å².